The van der Waals surface area contributed by atoms with Crippen molar-refractivity contribution >= 4 is 45.5 Å². The molecule has 42 heavy (non-hydrogen) atoms. The summed E-state index contributed by atoms with van der Waals surface area (Å²) in [6.07, 6.45) is 6.11. The molecule has 0 amide bonds. The minimum Gasteiger partial charge on any atom is -0.381 e. The van der Waals surface area contributed by atoms with Gasteiger partial charge in [-0.15, -0.1) is 0 Å². The molecular weight excluding hydrogens is 591 g/mol. The molecule has 226 valence electrons. The van der Waals surface area contributed by atoms with Crippen molar-refractivity contribution in [3.63, 3.8) is 0 Å². The third-order valence-electron chi connectivity index (χ3n) is 7.67. The van der Waals surface area contributed by atoms with Crippen LogP contribution in [0.5, 0.6) is 0 Å². The highest BCUT2D eigenvalue weighted by Crippen LogP contribution is 2.27. The van der Waals surface area contributed by atoms with Gasteiger partial charge in [-0.25, -0.2) is 19.6 Å². The van der Waals surface area contributed by atoms with Crippen LogP contribution in [-0.4, -0.2) is 83.5 Å². The number of hydrogen-bond acceptors (Lipinski definition) is 10. The molecule has 3 fully saturated rings. The van der Waals surface area contributed by atoms with Crippen LogP contribution in [0.4, 0.5) is 0 Å². The maximum atomic E-state index is 13.1. The third kappa shape index (κ3) is 5.96. The van der Waals surface area contributed by atoms with Crippen molar-refractivity contribution in [3.8, 4) is 0 Å². The highest BCUT2D eigenvalue weighted by Gasteiger charge is 2.34. The minimum atomic E-state index is -0.632. The van der Waals surface area contributed by atoms with E-state index >= 15 is 0 Å². The smallest absolute Gasteiger partial charge is 0.330 e. The fourth-order valence-electron chi connectivity index (χ4n) is 5.72. The predicted octanol–water partition coefficient (Wildman–Crippen LogP) is 2.87. The van der Waals surface area contributed by atoms with E-state index in [9.17, 15) is 9.59 Å². The Bertz CT molecular complexity index is 1690. The molecule has 16 heteroatoms. The molecule has 0 radical (unpaired) electrons. The number of ether oxygens (including phenoxy) is 4. The molecule has 0 bridgehead atoms. The lowest BCUT2D eigenvalue weighted by Crippen LogP contribution is -2.33. The van der Waals surface area contributed by atoms with E-state index in [1.54, 1.807) is 19.9 Å². The summed E-state index contributed by atoms with van der Waals surface area (Å²) in [6, 6.07) is 0.170. The molecule has 7 rings (SSSR count). The molecule has 3 aliphatic rings. The first-order valence-corrected chi connectivity index (χ1v) is 14.7. The van der Waals surface area contributed by atoms with E-state index in [0.717, 1.165) is 25.7 Å². The van der Waals surface area contributed by atoms with Gasteiger partial charge in [-0.1, -0.05) is 0 Å². The molecule has 3 aliphatic heterocycles. The first-order chi connectivity index (χ1) is 20.2. The number of rotatable bonds is 4. The first-order valence-electron chi connectivity index (χ1n) is 13.9. The zero-order valence-electron chi connectivity index (χ0n) is 23.3. The zero-order chi connectivity index (χ0) is 29.4. The molecule has 0 aromatic carbocycles. The number of nitrogens with zero attached hydrogens (tertiary/aromatic N) is 7. The van der Waals surface area contributed by atoms with Crippen LogP contribution in [0.1, 0.15) is 51.6 Å². The van der Waals surface area contributed by atoms with Crippen molar-refractivity contribution in [1.82, 2.24) is 38.6 Å². The molecule has 7 heterocycles. The topological polar surface area (TPSA) is 153 Å². The fourth-order valence-corrected chi connectivity index (χ4v) is 5.98. The molecule has 4 aromatic heterocycles. The van der Waals surface area contributed by atoms with E-state index in [0.29, 0.717) is 61.9 Å². The maximum absolute atomic E-state index is 13.1. The van der Waals surface area contributed by atoms with Gasteiger partial charge in [-0.2, -0.15) is 9.97 Å². The summed E-state index contributed by atoms with van der Waals surface area (Å²) in [5.74, 6) is -0.632. The highest BCUT2D eigenvalue weighted by molar-refractivity contribution is 6.28. The molecule has 4 aromatic rings. The van der Waals surface area contributed by atoms with Crippen LogP contribution in [0.25, 0.3) is 22.3 Å². The summed E-state index contributed by atoms with van der Waals surface area (Å²) in [5, 5.41) is 0.282. The van der Waals surface area contributed by atoms with Crippen LogP contribution in [-0.2, 0) is 25.5 Å². The SMILES string of the molecule is CC1(C)OC[C@H](Cn2c(=O)n(C3CCOCC3)c3nc(Cl)ncc32)O1.O=c1[nH]c2cnc(Cl)nc2n1C1CCOCC1. The zero-order valence-corrected chi connectivity index (χ0v) is 24.8. The van der Waals surface area contributed by atoms with Gasteiger partial charge in [0.15, 0.2) is 17.1 Å². The standard InChI is InChI=1S/C16H21ClN4O4.C10H11ClN4O2/c1-16(2)24-9-11(25-16)8-20-12-7-18-14(17)19-13(12)21(15(20)22)10-3-5-23-6-4-10;11-9-12-5-7-8(14-9)15(10(16)13-7)6-1-3-17-4-2-6/h7,10-11H,3-6,8-9H2,1-2H3;5-6H,1-4H2,(H,13,16)/t11-;/m0./s1. The number of fused-ring (bicyclic) bond motifs is 2. The third-order valence-corrected chi connectivity index (χ3v) is 8.03. The van der Waals surface area contributed by atoms with Crippen molar-refractivity contribution in [1.29, 1.82) is 0 Å². The Morgan fingerprint density at radius 3 is 2.12 bits per heavy atom. The average molecular weight is 623 g/mol. The van der Waals surface area contributed by atoms with E-state index in [4.69, 9.17) is 42.1 Å². The monoisotopic (exact) mass is 622 g/mol. The van der Waals surface area contributed by atoms with Gasteiger partial charge in [0, 0.05) is 38.5 Å². The summed E-state index contributed by atoms with van der Waals surface area (Å²) in [7, 11) is 0. The van der Waals surface area contributed by atoms with Gasteiger partial charge in [0.05, 0.1) is 25.5 Å². The first kappa shape index (κ1) is 29.2. The number of H-pyrrole nitrogens is 1. The average Bonchev–Trinajstić information content (AvgIpc) is 3.58. The lowest BCUT2D eigenvalue weighted by molar-refractivity contribution is -0.139. The molecule has 0 aliphatic carbocycles. The number of nitrogens with one attached hydrogen (secondary N) is 1. The van der Waals surface area contributed by atoms with Crippen molar-refractivity contribution < 1.29 is 18.9 Å². The van der Waals surface area contributed by atoms with Gasteiger partial charge < -0.3 is 23.9 Å². The summed E-state index contributed by atoms with van der Waals surface area (Å²) < 4.78 is 27.2. The summed E-state index contributed by atoms with van der Waals surface area (Å²) in [5.41, 5.74) is 2.13. The van der Waals surface area contributed by atoms with E-state index in [2.05, 4.69) is 24.9 Å². The van der Waals surface area contributed by atoms with Crippen molar-refractivity contribution in [2.24, 2.45) is 0 Å². The molecule has 3 saturated heterocycles. The van der Waals surface area contributed by atoms with E-state index in [-0.39, 0.29) is 40.1 Å². The van der Waals surface area contributed by atoms with Crippen molar-refractivity contribution in [3.05, 3.63) is 43.9 Å². The number of halogens is 2. The highest BCUT2D eigenvalue weighted by atomic mass is 35.5. The van der Waals surface area contributed by atoms with Gasteiger partial charge in [-0.05, 0) is 62.7 Å². The van der Waals surface area contributed by atoms with E-state index in [1.165, 1.54) is 6.20 Å². The second-order valence-electron chi connectivity index (χ2n) is 10.9. The maximum Gasteiger partial charge on any atom is 0.330 e. The van der Waals surface area contributed by atoms with E-state index < -0.39 is 5.79 Å². The van der Waals surface area contributed by atoms with Gasteiger partial charge in [0.2, 0.25) is 10.6 Å². The van der Waals surface area contributed by atoms with Gasteiger partial charge in [0.25, 0.3) is 0 Å². The van der Waals surface area contributed by atoms with Crippen LogP contribution >= 0.6 is 23.2 Å². The normalized spacial score (nSPS) is 21.6. The molecule has 0 unspecified atom stereocenters. The second kappa shape index (κ2) is 12.0. The number of aromatic nitrogens is 8. The lowest BCUT2D eigenvalue weighted by atomic mass is 10.1. The van der Waals surface area contributed by atoms with Crippen molar-refractivity contribution in [2.45, 2.75) is 70.1 Å². The summed E-state index contributed by atoms with van der Waals surface area (Å²) in [6.45, 7) is 7.17. The number of hydrogen-bond donors (Lipinski definition) is 1. The lowest BCUT2D eigenvalue weighted by Gasteiger charge is -2.22. The van der Waals surface area contributed by atoms with Crippen molar-refractivity contribution in [2.75, 3.05) is 33.0 Å². The molecule has 1 atom stereocenters. The van der Waals surface area contributed by atoms with Gasteiger partial charge in [0.1, 0.15) is 17.1 Å². The van der Waals surface area contributed by atoms with Gasteiger partial charge in [-0.3, -0.25) is 13.7 Å². The quantitative estimate of drug-likeness (QED) is 0.336. The Morgan fingerprint density at radius 1 is 0.905 bits per heavy atom. The van der Waals surface area contributed by atoms with Crippen LogP contribution in [0.3, 0.4) is 0 Å². The molecular formula is C26H32Cl2N8O6. The van der Waals surface area contributed by atoms with Crippen LogP contribution in [0, 0.1) is 0 Å². The Kier molecular flexibility index (Phi) is 8.35. The molecule has 14 nitrogen and oxygen atoms in total. The van der Waals surface area contributed by atoms with E-state index in [1.807, 2.05) is 13.8 Å². The van der Waals surface area contributed by atoms with Crippen LogP contribution < -0.4 is 11.4 Å². The summed E-state index contributed by atoms with van der Waals surface area (Å²) in [4.78, 5) is 44.1. The second-order valence-corrected chi connectivity index (χ2v) is 11.6. The Labute approximate surface area is 249 Å². The molecule has 0 spiro atoms. The predicted molar refractivity (Wildman–Crippen MR) is 153 cm³/mol. The Morgan fingerprint density at radius 2 is 1.50 bits per heavy atom. The molecule has 1 N–H and O–H groups in total. The number of aromatic amines is 1. The largest absolute Gasteiger partial charge is 0.381 e. The van der Waals surface area contributed by atoms with Crippen LogP contribution in [0.15, 0.2) is 22.0 Å². The summed E-state index contributed by atoms with van der Waals surface area (Å²) >= 11 is 11.7. The number of imidazole rings is 2. The van der Waals surface area contributed by atoms with Crippen LogP contribution in [0.2, 0.25) is 10.6 Å². The van der Waals surface area contributed by atoms with Gasteiger partial charge >= 0.3 is 11.4 Å². The fraction of sp³-hybridized carbons (Fsp3) is 0.615. The Balaban J connectivity index is 0.000000162. The minimum absolute atomic E-state index is 0.0492. The Hall–Kier alpha value is -2.88. The molecule has 0 saturated carbocycles.